The molecule has 96 valence electrons. The van der Waals surface area contributed by atoms with E-state index in [9.17, 15) is 4.79 Å². The monoisotopic (exact) mass is 240 g/mol. The van der Waals surface area contributed by atoms with E-state index in [1.807, 2.05) is 4.90 Å². The molecule has 3 aliphatic heterocycles. The molecule has 0 aromatic rings. The number of carbonyl (C=O) groups is 1. The maximum absolute atomic E-state index is 12.5. The van der Waals surface area contributed by atoms with Crippen molar-refractivity contribution in [2.24, 2.45) is 5.73 Å². The van der Waals surface area contributed by atoms with E-state index in [-0.39, 0.29) is 18.1 Å². The Morgan fingerprint density at radius 2 is 1.76 bits per heavy atom. The molecule has 2 bridgehead atoms. The van der Waals surface area contributed by atoms with E-state index in [0.29, 0.717) is 26.1 Å². The average molecular weight is 240 g/mol. The van der Waals surface area contributed by atoms with Gasteiger partial charge in [-0.15, -0.1) is 0 Å². The highest BCUT2D eigenvalue weighted by atomic mass is 16.5. The Morgan fingerprint density at radius 1 is 1.18 bits per heavy atom. The van der Waals surface area contributed by atoms with Crippen molar-refractivity contribution < 1.29 is 14.3 Å². The number of hydrogen-bond donors (Lipinski definition) is 1. The lowest BCUT2D eigenvalue weighted by atomic mass is 9.89. The fourth-order valence-electron chi connectivity index (χ4n) is 3.05. The van der Waals surface area contributed by atoms with E-state index in [1.54, 1.807) is 0 Å². The molecule has 3 rings (SSSR count). The molecule has 2 atom stereocenters. The van der Waals surface area contributed by atoms with Gasteiger partial charge in [-0.1, -0.05) is 0 Å². The Bertz CT molecular complexity index is 303. The normalized spacial score (nSPS) is 35.9. The zero-order valence-electron chi connectivity index (χ0n) is 10.1. The van der Waals surface area contributed by atoms with Crippen LogP contribution in [0.4, 0.5) is 0 Å². The molecule has 0 saturated carbocycles. The molecule has 17 heavy (non-hydrogen) atoms. The largest absolute Gasteiger partial charge is 0.381 e. The summed E-state index contributed by atoms with van der Waals surface area (Å²) in [7, 11) is 0. The van der Waals surface area contributed by atoms with Gasteiger partial charge in [-0.25, -0.2) is 0 Å². The van der Waals surface area contributed by atoms with E-state index in [4.69, 9.17) is 15.2 Å². The second-order valence-corrected chi connectivity index (χ2v) is 5.44. The molecule has 3 saturated heterocycles. The fourth-order valence-corrected chi connectivity index (χ4v) is 3.05. The SMILES string of the molecule is NC1(C(=O)N2CC3CCC(C2)O3)CCOCC1. The van der Waals surface area contributed by atoms with E-state index < -0.39 is 5.54 Å². The molecular formula is C12H20N2O3. The maximum atomic E-state index is 12.5. The van der Waals surface area contributed by atoms with Crippen LogP contribution < -0.4 is 5.73 Å². The molecule has 2 unspecified atom stereocenters. The summed E-state index contributed by atoms with van der Waals surface area (Å²) in [5, 5.41) is 0. The number of nitrogens with zero attached hydrogens (tertiary/aromatic N) is 1. The van der Waals surface area contributed by atoms with Crippen LogP contribution in [0.15, 0.2) is 0 Å². The van der Waals surface area contributed by atoms with Crippen molar-refractivity contribution in [2.45, 2.75) is 43.4 Å². The number of nitrogens with two attached hydrogens (primary N) is 1. The second kappa shape index (κ2) is 4.23. The fraction of sp³-hybridized carbons (Fsp3) is 0.917. The van der Waals surface area contributed by atoms with Crippen LogP contribution >= 0.6 is 0 Å². The quantitative estimate of drug-likeness (QED) is 0.694. The van der Waals surface area contributed by atoms with Crippen molar-refractivity contribution in [3.05, 3.63) is 0 Å². The number of morpholine rings is 1. The van der Waals surface area contributed by atoms with E-state index in [2.05, 4.69) is 0 Å². The predicted molar refractivity (Wildman–Crippen MR) is 61.4 cm³/mol. The van der Waals surface area contributed by atoms with Crippen molar-refractivity contribution in [2.75, 3.05) is 26.3 Å². The van der Waals surface area contributed by atoms with Crippen molar-refractivity contribution in [3.63, 3.8) is 0 Å². The average Bonchev–Trinajstić information content (AvgIpc) is 2.68. The highest BCUT2D eigenvalue weighted by Crippen LogP contribution is 2.29. The number of rotatable bonds is 1. The molecule has 3 heterocycles. The van der Waals surface area contributed by atoms with Crippen LogP contribution in [0.5, 0.6) is 0 Å². The number of likely N-dealkylation sites (tertiary alicyclic amines) is 1. The van der Waals surface area contributed by atoms with Crippen molar-refractivity contribution >= 4 is 5.91 Å². The molecule has 0 spiro atoms. The van der Waals surface area contributed by atoms with Crippen molar-refractivity contribution in [1.29, 1.82) is 0 Å². The van der Waals surface area contributed by atoms with Crippen LogP contribution in [0.25, 0.3) is 0 Å². The number of ether oxygens (including phenoxy) is 2. The molecule has 3 aliphatic rings. The summed E-state index contributed by atoms with van der Waals surface area (Å²) in [6, 6.07) is 0. The standard InChI is InChI=1S/C12H20N2O3/c13-12(3-5-16-6-4-12)11(15)14-7-9-1-2-10(8-14)17-9/h9-10H,1-8,13H2. The first-order valence-corrected chi connectivity index (χ1v) is 6.49. The van der Waals surface area contributed by atoms with Gasteiger partial charge in [0.15, 0.2) is 0 Å². The van der Waals surface area contributed by atoms with Gasteiger partial charge in [0.2, 0.25) is 5.91 Å². The molecular weight excluding hydrogens is 220 g/mol. The molecule has 0 aromatic carbocycles. The Labute approximate surface area is 101 Å². The van der Waals surface area contributed by atoms with Gasteiger partial charge in [0.25, 0.3) is 0 Å². The van der Waals surface area contributed by atoms with Crippen molar-refractivity contribution in [3.8, 4) is 0 Å². The van der Waals surface area contributed by atoms with Gasteiger partial charge in [0, 0.05) is 26.3 Å². The molecule has 5 nitrogen and oxygen atoms in total. The molecule has 0 aromatic heterocycles. The highest BCUT2D eigenvalue weighted by Gasteiger charge is 2.43. The van der Waals surface area contributed by atoms with E-state index >= 15 is 0 Å². The first-order chi connectivity index (χ1) is 8.17. The zero-order chi connectivity index (χ0) is 11.9. The lowest BCUT2D eigenvalue weighted by molar-refractivity contribution is -0.149. The lowest BCUT2D eigenvalue weighted by Gasteiger charge is -2.40. The molecule has 0 aliphatic carbocycles. The van der Waals surface area contributed by atoms with Gasteiger partial charge >= 0.3 is 0 Å². The molecule has 5 heteroatoms. The van der Waals surface area contributed by atoms with Gasteiger partial charge in [0.05, 0.1) is 17.7 Å². The van der Waals surface area contributed by atoms with Crippen LogP contribution in [-0.4, -0.2) is 54.9 Å². The Morgan fingerprint density at radius 3 is 2.35 bits per heavy atom. The third kappa shape index (κ3) is 2.07. The number of hydrogen-bond acceptors (Lipinski definition) is 4. The zero-order valence-corrected chi connectivity index (χ0v) is 10.1. The van der Waals surface area contributed by atoms with Crippen LogP contribution in [0.3, 0.4) is 0 Å². The van der Waals surface area contributed by atoms with Crippen LogP contribution in [-0.2, 0) is 14.3 Å². The Balaban J connectivity index is 1.69. The second-order valence-electron chi connectivity index (χ2n) is 5.44. The molecule has 3 fully saturated rings. The van der Waals surface area contributed by atoms with Crippen LogP contribution in [0.2, 0.25) is 0 Å². The van der Waals surface area contributed by atoms with Crippen LogP contribution in [0.1, 0.15) is 25.7 Å². The molecule has 1 amide bonds. The summed E-state index contributed by atoms with van der Waals surface area (Å²) in [5.41, 5.74) is 5.53. The minimum Gasteiger partial charge on any atom is -0.381 e. The summed E-state index contributed by atoms with van der Waals surface area (Å²) < 4.78 is 11.0. The number of amides is 1. The van der Waals surface area contributed by atoms with Gasteiger partial charge < -0.3 is 20.1 Å². The molecule has 0 radical (unpaired) electrons. The third-order valence-electron chi connectivity index (χ3n) is 4.14. The number of carbonyl (C=O) groups excluding carboxylic acids is 1. The highest BCUT2D eigenvalue weighted by molar-refractivity contribution is 5.86. The Hall–Kier alpha value is -0.650. The van der Waals surface area contributed by atoms with Crippen LogP contribution in [0, 0.1) is 0 Å². The van der Waals surface area contributed by atoms with Gasteiger partial charge in [-0.3, -0.25) is 4.79 Å². The van der Waals surface area contributed by atoms with E-state index in [1.165, 1.54) is 0 Å². The summed E-state index contributed by atoms with van der Waals surface area (Å²) in [4.78, 5) is 14.4. The topological polar surface area (TPSA) is 64.8 Å². The van der Waals surface area contributed by atoms with Gasteiger partial charge in [0.1, 0.15) is 0 Å². The summed E-state index contributed by atoms with van der Waals surface area (Å²) in [6.45, 7) is 2.63. The lowest BCUT2D eigenvalue weighted by Crippen LogP contribution is -2.60. The predicted octanol–water partition coefficient (Wildman–Crippen LogP) is -0.116. The van der Waals surface area contributed by atoms with Gasteiger partial charge in [-0.2, -0.15) is 0 Å². The minimum atomic E-state index is -0.699. The third-order valence-corrected chi connectivity index (χ3v) is 4.14. The molecule has 2 N–H and O–H groups in total. The van der Waals surface area contributed by atoms with Crippen molar-refractivity contribution in [1.82, 2.24) is 4.90 Å². The smallest absolute Gasteiger partial charge is 0.243 e. The number of fused-ring (bicyclic) bond motifs is 2. The summed E-state index contributed by atoms with van der Waals surface area (Å²) in [6.07, 6.45) is 3.91. The first kappa shape index (κ1) is 11.4. The van der Waals surface area contributed by atoms with E-state index in [0.717, 1.165) is 25.9 Å². The van der Waals surface area contributed by atoms with Gasteiger partial charge in [-0.05, 0) is 25.7 Å². The first-order valence-electron chi connectivity index (χ1n) is 6.49. The maximum Gasteiger partial charge on any atom is 0.243 e. The summed E-state index contributed by atoms with van der Waals surface area (Å²) in [5.74, 6) is 0.0981. The summed E-state index contributed by atoms with van der Waals surface area (Å²) >= 11 is 0. The minimum absolute atomic E-state index is 0.0981. The Kier molecular flexibility index (Phi) is 2.84.